The van der Waals surface area contributed by atoms with Crippen molar-refractivity contribution in [1.82, 2.24) is 9.80 Å². The number of rotatable bonds is 4. The van der Waals surface area contributed by atoms with E-state index >= 15 is 0 Å². The highest BCUT2D eigenvalue weighted by Gasteiger charge is 2.38. The van der Waals surface area contributed by atoms with E-state index in [-0.39, 0.29) is 18.9 Å². The summed E-state index contributed by atoms with van der Waals surface area (Å²) < 4.78 is 34.4. The molecule has 0 saturated carbocycles. The van der Waals surface area contributed by atoms with Crippen LogP contribution >= 0.6 is 11.8 Å². The van der Waals surface area contributed by atoms with Gasteiger partial charge >= 0.3 is 10.2 Å². The second-order valence-corrected chi connectivity index (χ2v) is 7.44. The van der Waals surface area contributed by atoms with Gasteiger partial charge in [-0.1, -0.05) is 0 Å². The number of thioether (sulfide) groups is 1. The molecule has 8 heteroatoms. The number of amides is 1. The van der Waals surface area contributed by atoms with Gasteiger partial charge in [0.15, 0.2) is 0 Å². The molecular weight excluding hydrogens is 279 g/mol. The van der Waals surface area contributed by atoms with Gasteiger partial charge in [-0.15, -0.1) is 3.89 Å². The van der Waals surface area contributed by atoms with Crippen molar-refractivity contribution in [1.29, 1.82) is 0 Å². The molecule has 2 fully saturated rings. The summed E-state index contributed by atoms with van der Waals surface area (Å²) in [6.07, 6.45) is -0.214. The number of likely N-dealkylation sites (tertiary alicyclic amines) is 1. The molecule has 0 aromatic carbocycles. The maximum absolute atomic E-state index is 12.8. The molecule has 1 amide bonds. The SMILES string of the molecule is O=C1CC(S(=O)(=O)F)CN1CCN1CCSCC1. The van der Waals surface area contributed by atoms with Crippen molar-refractivity contribution in [3.05, 3.63) is 0 Å². The monoisotopic (exact) mass is 296 g/mol. The van der Waals surface area contributed by atoms with Crippen molar-refractivity contribution >= 4 is 27.9 Å². The molecule has 1 unspecified atom stereocenters. The molecule has 18 heavy (non-hydrogen) atoms. The number of hydrogen-bond donors (Lipinski definition) is 0. The van der Waals surface area contributed by atoms with Gasteiger partial charge in [0.1, 0.15) is 5.25 Å². The van der Waals surface area contributed by atoms with Gasteiger partial charge in [0.25, 0.3) is 0 Å². The summed E-state index contributed by atoms with van der Waals surface area (Å²) in [5.74, 6) is 1.93. The fourth-order valence-corrected chi connectivity index (χ4v) is 3.91. The molecule has 2 aliphatic rings. The maximum atomic E-state index is 12.8. The van der Waals surface area contributed by atoms with E-state index in [1.165, 1.54) is 4.90 Å². The molecule has 0 aliphatic carbocycles. The molecule has 2 saturated heterocycles. The first kappa shape index (κ1) is 14.1. The first-order valence-corrected chi connectivity index (χ1v) is 8.58. The minimum Gasteiger partial charge on any atom is -0.340 e. The van der Waals surface area contributed by atoms with Crippen LogP contribution in [-0.4, -0.2) is 73.6 Å². The largest absolute Gasteiger partial charge is 0.340 e. The van der Waals surface area contributed by atoms with E-state index < -0.39 is 15.5 Å². The average Bonchev–Trinajstić information content (AvgIpc) is 2.69. The number of carbonyl (C=O) groups excluding carboxylic acids is 1. The lowest BCUT2D eigenvalue weighted by Gasteiger charge is -2.28. The Bertz CT molecular complexity index is 409. The standard InChI is InChI=1S/C10H17FN2O3S2/c11-18(15,16)9-7-10(14)13(8-9)2-1-12-3-5-17-6-4-12/h9H,1-8H2. The van der Waals surface area contributed by atoms with E-state index in [9.17, 15) is 17.1 Å². The van der Waals surface area contributed by atoms with Gasteiger partial charge < -0.3 is 4.90 Å². The van der Waals surface area contributed by atoms with Crippen molar-refractivity contribution < 1.29 is 17.1 Å². The van der Waals surface area contributed by atoms with Crippen molar-refractivity contribution in [2.45, 2.75) is 11.7 Å². The van der Waals surface area contributed by atoms with Crippen molar-refractivity contribution in [3.8, 4) is 0 Å². The third-order valence-electron chi connectivity index (χ3n) is 3.37. The summed E-state index contributed by atoms with van der Waals surface area (Å²) in [5, 5.41) is -1.16. The zero-order valence-corrected chi connectivity index (χ0v) is 11.7. The van der Waals surface area contributed by atoms with Crippen LogP contribution in [0.4, 0.5) is 3.89 Å². The van der Waals surface area contributed by atoms with Crippen LogP contribution in [-0.2, 0) is 15.0 Å². The third-order valence-corrected chi connectivity index (χ3v) is 5.42. The van der Waals surface area contributed by atoms with Crippen LogP contribution < -0.4 is 0 Å². The van der Waals surface area contributed by atoms with Crippen LogP contribution in [0, 0.1) is 0 Å². The quantitative estimate of drug-likeness (QED) is 0.680. The molecule has 2 rings (SSSR count). The molecule has 0 radical (unpaired) electrons. The van der Waals surface area contributed by atoms with Crippen LogP contribution in [0.1, 0.15) is 6.42 Å². The molecule has 2 aliphatic heterocycles. The van der Waals surface area contributed by atoms with Gasteiger partial charge in [0.2, 0.25) is 5.91 Å². The van der Waals surface area contributed by atoms with Crippen LogP contribution in [0.15, 0.2) is 0 Å². The van der Waals surface area contributed by atoms with Gasteiger partial charge in [-0.05, 0) is 0 Å². The Morgan fingerprint density at radius 1 is 1.28 bits per heavy atom. The Balaban J connectivity index is 1.81. The van der Waals surface area contributed by atoms with E-state index in [2.05, 4.69) is 4.90 Å². The first-order chi connectivity index (χ1) is 8.47. The molecule has 104 valence electrons. The molecule has 0 bridgehead atoms. The molecule has 0 aromatic heterocycles. The van der Waals surface area contributed by atoms with Crippen LogP contribution in [0.3, 0.4) is 0 Å². The third kappa shape index (κ3) is 3.58. The van der Waals surface area contributed by atoms with E-state index in [0.717, 1.165) is 31.1 Å². The number of halogens is 1. The zero-order valence-electron chi connectivity index (χ0n) is 10.0. The highest BCUT2D eigenvalue weighted by molar-refractivity contribution is 7.99. The molecule has 0 N–H and O–H groups in total. The fraction of sp³-hybridized carbons (Fsp3) is 0.900. The number of hydrogen-bond acceptors (Lipinski definition) is 5. The average molecular weight is 296 g/mol. The Labute approximate surface area is 111 Å². The zero-order chi connectivity index (χ0) is 13.2. The van der Waals surface area contributed by atoms with Gasteiger partial charge in [-0.3, -0.25) is 9.69 Å². The summed E-state index contributed by atoms with van der Waals surface area (Å²) >= 11 is 1.91. The lowest BCUT2D eigenvalue weighted by Crippen LogP contribution is -2.40. The Morgan fingerprint density at radius 3 is 2.50 bits per heavy atom. The Hall–Kier alpha value is -0.340. The van der Waals surface area contributed by atoms with Crippen LogP contribution in [0.2, 0.25) is 0 Å². The fourth-order valence-electron chi connectivity index (χ4n) is 2.23. The molecule has 5 nitrogen and oxygen atoms in total. The minimum atomic E-state index is -4.59. The van der Waals surface area contributed by atoms with Gasteiger partial charge in [0, 0.05) is 50.7 Å². The highest BCUT2D eigenvalue weighted by Crippen LogP contribution is 2.19. The minimum absolute atomic E-state index is 0.000255. The summed E-state index contributed by atoms with van der Waals surface area (Å²) in [7, 11) is -4.59. The van der Waals surface area contributed by atoms with E-state index in [4.69, 9.17) is 0 Å². The number of carbonyl (C=O) groups is 1. The summed E-state index contributed by atoms with van der Waals surface area (Å²) in [6.45, 7) is 3.23. The van der Waals surface area contributed by atoms with Crippen molar-refractivity contribution in [2.75, 3.05) is 44.2 Å². The van der Waals surface area contributed by atoms with E-state index in [1.54, 1.807) is 0 Å². The highest BCUT2D eigenvalue weighted by atomic mass is 32.3. The van der Waals surface area contributed by atoms with Crippen molar-refractivity contribution in [3.63, 3.8) is 0 Å². The number of nitrogens with zero attached hydrogens (tertiary/aromatic N) is 2. The van der Waals surface area contributed by atoms with Crippen LogP contribution in [0.25, 0.3) is 0 Å². The van der Waals surface area contributed by atoms with E-state index in [0.29, 0.717) is 6.54 Å². The Kier molecular flexibility index (Phi) is 4.50. The Morgan fingerprint density at radius 2 is 1.94 bits per heavy atom. The topological polar surface area (TPSA) is 57.7 Å². The summed E-state index contributed by atoms with van der Waals surface area (Å²) in [5.41, 5.74) is 0. The molecule has 0 spiro atoms. The van der Waals surface area contributed by atoms with Gasteiger partial charge in [0.05, 0.1) is 0 Å². The van der Waals surface area contributed by atoms with Crippen LogP contribution in [0.5, 0.6) is 0 Å². The van der Waals surface area contributed by atoms with E-state index in [1.807, 2.05) is 11.8 Å². The van der Waals surface area contributed by atoms with Gasteiger partial charge in [-0.2, -0.15) is 20.2 Å². The molecular formula is C10H17FN2O3S2. The summed E-state index contributed by atoms with van der Waals surface area (Å²) in [4.78, 5) is 15.3. The predicted octanol–water partition coefficient (Wildman–Crippen LogP) is -0.0646. The second kappa shape index (κ2) is 5.75. The van der Waals surface area contributed by atoms with Crippen molar-refractivity contribution in [2.24, 2.45) is 0 Å². The first-order valence-electron chi connectivity index (χ1n) is 5.98. The van der Waals surface area contributed by atoms with Gasteiger partial charge in [-0.25, -0.2) is 0 Å². The summed E-state index contributed by atoms with van der Waals surface area (Å²) in [6, 6.07) is 0. The molecule has 0 aromatic rings. The molecule has 2 heterocycles. The lowest BCUT2D eigenvalue weighted by molar-refractivity contribution is -0.127. The predicted molar refractivity (Wildman–Crippen MR) is 68.8 cm³/mol. The molecule has 1 atom stereocenters. The maximum Gasteiger partial charge on any atom is 0.307 e. The lowest BCUT2D eigenvalue weighted by atomic mass is 10.4. The second-order valence-electron chi connectivity index (χ2n) is 4.60. The smallest absolute Gasteiger partial charge is 0.307 e. The normalized spacial score (nSPS) is 26.8.